The van der Waals surface area contributed by atoms with Crippen molar-refractivity contribution in [3.63, 3.8) is 0 Å². The molecule has 0 atom stereocenters. The molecule has 140 valence electrons. The minimum Gasteiger partial charge on any atom is -0.370 e. The Morgan fingerprint density at radius 1 is 1.19 bits per heavy atom. The number of thiophene rings is 1. The molecule has 9 heteroatoms. The quantitative estimate of drug-likeness (QED) is 0.668. The van der Waals surface area contributed by atoms with Gasteiger partial charge in [-0.05, 0) is 35.7 Å². The Bertz CT molecular complexity index is 1030. The van der Waals surface area contributed by atoms with Crippen molar-refractivity contribution in [1.82, 2.24) is 9.55 Å². The van der Waals surface area contributed by atoms with Gasteiger partial charge in [0.05, 0.1) is 11.7 Å². The lowest BCUT2D eigenvalue weighted by Crippen LogP contribution is -2.35. The Morgan fingerprint density at radius 3 is 2.63 bits per heavy atom. The molecule has 1 aromatic carbocycles. The van der Waals surface area contributed by atoms with Crippen molar-refractivity contribution in [3.05, 3.63) is 58.2 Å². The van der Waals surface area contributed by atoms with Crippen LogP contribution in [0, 0.1) is 5.82 Å². The zero-order chi connectivity index (χ0) is 19.4. The summed E-state index contributed by atoms with van der Waals surface area (Å²) >= 11 is 1.37. The van der Waals surface area contributed by atoms with E-state index < -0.39 is 11.7 Å². The second-order valence-corrected chi connectivity index (χ2v) is 6.77. The van der Waals surface area contributed by atoms with E-state index >= 15 is 0 Å². The lowest BCUT2D eigenvalue weighted by Gasteiger charge is -2.22. The lowest BCUT2D eigenvalue weighted by atomic mass is 10.2. The van der Waals surface area contributed by atoms with E-state index in [-0.39, 0.29) is 37.4 Å². The number of aryl methyl sites for hydroxylation is 1. The molecule has 3 aromatic rings. The van der Waals surface area contributed by atoms with Crippen LogP contribution < -0.4 is 16.2 Å². The van der Waals surface area contributed by atoms with Crippen LogP contribution >= 0.6 is 11.3 Å². The molecule has 2 amide bonds. The number of amides is 2. The smallest absolute Gasteiger partial charge is 0.262 e. The number of nitrogens with zero attached hydrogens (tertiary/aromatic N) is 3. The number of hydrogen-bond donors (Lipinski definition) is 1. The first-order valence-electron chi connectivity index (χ1n) is 8.22. The number of anilines is 1. The molecule has 0 fully saturated rings. The highest BCUT2D eigenvalue weighted by atomic mass is 32.1. The third-order valence-electron chi connectivity index (χ3n) is 4.04. The third-order valence-corrected chi connectivity index (χ3v) is 4.86. The van der Waals surface area contributed by atoms with Gasteiger partial charge in [0.15, 0.2) is 0 Å². The number of halogens is 1. The van der Waals surface area contributed by atoms with Gasteiger partial charge in [-0.25, -0.2) is 9.37 Å². The second kappa shape index (κ2) is 8.09. The molecule has 0 saturated carbocycles. The minimum absolute atomic E-state index is 0.0212. The van der Waals surface area contributed by atoms with E-state index in [0.717, 1.165) is 0 Å². The van der Waals surface area contributed by atoms with Gasteiger partial charge in [-0.15, -0.1) is 11.3 Å². The summed E-state index contributed by atoms with van der Waals surface area (Å²) < 4.78 is 14.5. The summed E-state index contributed by atoms with van der Waals surface area (Å²) in [5.74, 6) is -1.28. The van der Waals surface area contributed by atoms with Gasteiger partial charge in [0.25, 0.3) is 5.56 Å². The molecule has 0 aliphatic rings. The maximum absolute atomic E-state index is 13.2. The Labute approximate surface area is 157 Å². The molecule has 27 heavy (non-hydrogen) atoms. The summed E-state index contributed by atoms with van der Waals surface area (Å²) in [7, 11) is 0. The third kappa shape index (κ3) is 4.37. The minimum atomic E-state index is -0.543. The molecule has 2 heterocycles. The molecule has 0 bridgehead atoms. The van der Waals surface area contributed by atoms with E-state index in [4.69, 9.17) is 5.73 Å². The van der Waals surface area contributed by atoms with Crippen molar-refractivity contribution in [2.45, 2.75) is 19.4 Å². The number of rotatable bonds is 7. The van der Waals surface area contributed by atoms with Crippen LogP contribution in [0.15, 0.2) is 46.8 Å². The van der Waals surface area contributed by atoms with E-state index in [2.05, 4.69) is 4.98 Å². The van der Waals surface area contributed by atoms with Crippen LogP contribution in [0.4, 0.5) is 10.1 Å². The largest absolute Gasteiger partial charge is 0.370 e. The molecular weight excluding hydrogens is 371 g/mol. The monoisotopic (exact) mass is 388 g/mol. The van der Waals surface area contributed by atoms with Gasteiger partial charge in [0, 0.05) is 31.6 Å². The predicted octanol–water partition coefficient (Wildman–Crippen LogP) is 1.90. The highest BCUT2D eigenvalue weighted by Gasteiger charge is 2.17. The van der Waals surface area contributed by atoms with Crippen molar-refractivity contribution in [2.24, 2.45) is 5.73 Å². The van der Waals surface area contributed by atoms with E-state index in [1.54, 1.807) is 11.4 Å². The highest BCUT2D eigenvalue weighted by Crippen LogP contribution is 2.17. The maximum atomic E-state index is 13.2. The van der Waals surface area contributed by atoms with Crippen LogP contribution in [0.25, 0.3) is 10.2 Å². The molecule has 3 rings (SSSR count). The van der Waals surface area contributed by atoms with E-state index in [1.165, 1.54) is 51.4 Å². The van der Waals surface area contributed by atoms with Crippen molar-refractivity contribution in [2.75, 3.05) is 11.4 Å². The highest BCUT2D eigenvalue weighted by molar-refractivity contribution is 7.16. The first-order valence-corrected chi connectivity index (χ1v) is 9.10. The molecule has 0 radical (unpaired) electrons. The fraction of sp³-hybridized carbons (Fsp3) is 0.222. The normalized spacial score (nSPS) is 10.9. The molecular formula is C18H17FN4O3S. The number of benzene rings is 1. The molecule has 7 nitrogen and oxygen atoms in total. The van der Waals surface area contributed by atoms with Crippen molar-refractivity contribution in [1.29, 1.82) is 0 Å². The standard InChI is InChI=1S/C18H17FN4O3S/c19-12-1-3-13(4-2-12)23(9-5-15(20)24)16(25)6-8-22-11-21-17-14(18(22)26)7-10-27-17/h1-4,7,10-11H,5-6,8-9H2,(H2,20,24). The topological polar surface area (TPSA) is 98.3 Å². The number of nitrogens with two attached hydrogens (primary N) is 1. The summed E-state index contributed by atoms with van der Waals surface area (Å²) in [6, 6.07) is 7.08. The fourth-order valence-corrected chi connectivity index (χ4v) is 3.37. The average molecular weight is 388 g/mol. The van der Waals surface area contributed by atoms with Gasteiger partial charge in [0.1, 0.15) is 10.6 Å². The SMILES string of the molecule is NC(=O)CCN(C(=O)CCn1cnc2sccc2c1=O)c1ccc(F)cc1. The summed E-state index contributed by atoms with van der Waals surface area (Å²) in [6.45, 7) is 0.223. The maximum Gasteiger partial charge on any atom is 0.262 e. The summed E-state index contributed by atoms with van der Waals surface area (Å²) in [5, 5.41) is 2.30. The van der Waals surface area contributed by atoms with Gasteiger partial charge in [-0.1, -0.05) is 0 Å². The van der Waals surface area contributed by atoms with Crippen LogP contribution in [0.1, 0.15) is 12.8 Å². The van der Waals surface area contributed by atoms with Crippen LogP contribution in [0.3, 0.4) is 0 Å². The van der Waals surface area contributed by atoms with Gasteiger partial charge < -0.3 is 10.6 Å². The number of carbonyl (C=O) groups is 2. The molecule has 0 aliphatic heterocycles. The first kappa shape index (κ1) is 18.7. The van der Waals surface area contributed by atoms with Gasteiger partial charge >= 0.3 is 0 Å². The number of carbonyl (C=O) groups excluding carboxylic acids is 2. The molecule has 0 unspecified atom stereocenters. The molecule has 2 N–H and O–H groups in total. The van der Waals surface area contributed by atoms with Crippen molar-refractivity contribution < 1.29 is 14.0 Å². The molecule has 0 spiro atoms. The molecule has 0 aliphatic carbocycles. The Kier molecular flexibility index (Phi) is 5.60. The number of fused-ring (bicyclic) bond motifs is 1. The average Bonchev–Trinajstić information content (AvgIpc) is 3.12. The van der Waals surface area contributed by atoms with Crippen molar-refractivity contribution >= 4 is 39.1 Å². The lowest BCUT2D eigenvalue weighted by molar-refractivity contribution is -0.119. The second-order valence-electron chi connectivity index (χ2n) is 5.87. The summed E-state index contributed by atoms with van der Waals surface area (Å²) in [4.78, 5) is 42.4. The van der Waals surface area contributed by atoms with Crippen LogP contribution in [0.5, 0.6) is 0 Å². The first-order chi connectivity index (χ1) is 13.0. The van der Waals surface area contributed by atoms with Crippen LogP contribution in [-0.4, -0.2) is 27.9 Å². The predicted molar refractivity (Wildman–Crippen MR) is 101 cm³/mol. The van der Waals surface area contributed by atoms with Gasteiger partial charge in [-0.3, -0.25) is 19.0 Å². The number of aromatic nitrogens is 2. The van der Waals surface area contributed by atoms with E-state index in [1.807, 2.05) is 0 Å². The van der Waals surface area contributed by atoms with E-state index in [0.29, 0.717) is 15.9 Å². The van der Waals surface area contributed by atoms with Crippen molar-refractivity contribution in [3.8, 4) is 0 Å². The Morgan fingerprint density at radius 2 is 1.93 bits per heavy atom. The number of hydrogen-bond acceptors (Lipinski definition) is 5. The zero-order valence-corrected chi connectivity index (χ0v) is 15.1. The zero-order valence-electron chi connectivity index (χ0n) is 14.3. The van der Waals surface area contributed by atoms with E-state index in [9.17, 15) is 18.8 Å². The van der Waals surface area contributed by atoms with Gasteiger partial charge in [-0.2, -0.15) is 0 Å². The Hall–Kier alpha value is -3.07. The van der Waals surface area contributed by atoms with Crippen LogP contribution in [-0.2, 0) is 16.1 Å². The molecule has 0 saturated heterocycles. The summed E-state index contributed by atoms with van der Waals surface area (Å²) in [5.41, 5.74) is 5.43. The van der Waals surface area contributed by atoms with Gasteiger partial charge in [0.2, 0.25) is 11.8 Å². The summed E-state index contributed by atoms with van der Waals surface area (Å²) in [6.07, 6.45) is 1.42. The number of primary amides is 1. The fourth-order valence-electron chi connectivity index (χ4n) is 2.64. The van der Waals surface area contributed by atoms with Crippen LogP contribution in [0.2, 0.25) is 0 Å². The molecule has 2 aromatic heterocycles. The Balaban J connectivity index is 1.76.